The molecule has 1 heterocycles. The van der Waals surface area contributed by atoms with E-state index in [4.69, 9.17) is 0 Å². The summed E-state index contributed by atoms with van der Waals surface area (Å²) >= 11 is 3.47. The van der Waals surface area contributed by atoms with E-state index in [9.17, 15) is 0 Å². The highest BCUT2D eigenvalue weighted by molar-refractivity contribution is 9.10. The van der Waals surface area contributed by atoms with Gasteiger partial charge in [-0.2, -0.15) is 0 Å². The van der Waals surface area contributed by atoms with Gasteiger partial charge in [0.2, 0.25) is 0 Å². The summed E-state index contributed by atoms with van der Waals surface area (Å²) in [5.74, 6) is 1.77. The van der Waals surface area contributed by atoms with Gasteiger partial charge in [0.05, 0.1) is 5.69 Å². The number of aryl methyl sites for hydroxylation is 1. The van der Waals surface area contributed by atoms with Crippen LogP contribution in [0, 0.1) is 12.8 Å². The van der Waals surface area contributed by atoms with Gasteiger partial charge in [-0.05, 0) is 54.2 Å². The average molecular weight is 285 g/mol. The lowest BCUT2D eigenvalue weighted by molar-refractivity contribution is 0.502. The number of anilines is 1. The molecule has 0 radical (unpaired) electrons. The van der Waals surface area contributed by atoms with E-state index in [-0.39, 0.29) is 0 Å². The molecule has 0 aliphatic rings. The molecule has 0 aliphatic carbocycles. The van der Waals surface area contributed by atoms with Crippen molar-refractivity contribution in [2.24, 2.45) is 5.92 Å². The minimum atomic E-state index is 0.521. The summed E-state index contributed by atoms with van der Waals surface area (Å²) in [6.07, 6.45) is 1.19. The van der Waals surface area contributed by atoms with Crippen molar-refractivity contribution in [1.29, 1.82) is 0 Å². The lowest BCUT2D eigenvalue weighted by Crippen LogP contribution is -2.30. The predicted molar refractivity (Wildman–Crippen MR) is 74.0 cm³/mol. The molecule has 3 heteroatoms. The number of pyridine rings is 1. The summed E-state index contributed by atoms with van der Waals surface area (Å²) in [7, 11) is 2.11. The Bertz CT molecular complexity index is 350. The summed E-state index contributed by atoms with van der Waals surface area (Å²) in [6, 6.07) is 4.65. The average Bonchev–Trinajstić information content (AvgIpc) is 2.20. The molecule has 1 aromatic heterocycles. The van der Waals surface area contributed by atoms with Crippen molar-refractivity contribution in [2.45, 2.75) is 40.2 Å². The van der Waals surface area contributed by atoms with Gasteiger partial charge in [-0.25, -0.2) is 4.98 Å². The number of halogens is 1. The van der Waals surface area contributed by atoms with Crippen LogP contribution in [0.25, 0.3) is 0 Å². The molecule has 1 rings (SSSR count). The molecule has 0 N–H and O–H groups in total. The number of hydrogen-bond donors (Lipinski definition) is 0. The van der Waals surface area contributed by atoms with Crippen molar-refractivity contribution >= 4 is 21.7 Å². The van der Waals surface area contributed by atoms with Crippen LogP contribution < -0.4 is 4.90 Å². The van der Waals surface area contributed by atoms with Gasteiger partial charge in [0, 0.05) is 17.6 Å². The highest BCUT2D eigenvalue weighted by atomic mass is 79.9. The van der Waals surface area contributed by atoms with Crippen molar-refractivity contribution in [3.8, 4) is 0 Å². The Morgan fingerprint density at radius 3 is 2.44 bits per heavy atom. The molecule has 0 aliphatic heterocycles. The van der Waals surface area contributed by atoms with Crippen LogP contribution in [0.4, 0.5) is 5.82 Å². The molecule has 0 saturated carbocycles. The molecule has 0 fully saturated rings. The Morgan fingerprint density at radius 2 is 1.94 bits per heavy atom. The molecule has 16 heavy (non-hydrogen) atoms. The molecule has 0 aromatic carbocycles. The Balaban J connectivity index is 2.79. The van der Waals surface area contributed by atoms with E-state index in [1.54, 1.807) is 0 Å². The van der Waals surface area contributed by atoms with Crippen molar-refractivity contribution in [2.75, 3.05) is 11.9 Å². The topological polar surface area (TPSA) is 16.1 Å². The van der Waals surface area contributed by atoms with E-state index in [0.717, 1.165) is 16.0 Å². The van der Waals surface area contributed by atoms with Crippen LogP contribution in [0.3, 0.4) is 0 Å². The third-order valence-electron chi connectivity index (χ3n) is 2.84. The summed E-state index contributed by atoms with van der Waals surface area (Å²) in [4.78, 5) is 6.83. The zero-order valence-corrected chi connectivity index (χ0v) is 12.4. The highest BCUT2D eigenvalue weighted by Crippen LogP contribution is 2.21. The molecule has 0 saturated heterocycles. The number of nitrogens with zero attached hydrogens (tertiary/aromatic N) is 2. The van der Waals surface area contributed by atoms with Gasteiger partial charge in [0.25, 0.3) is 0 Å². The van der Waals surface area contributed by atoms with Crippen molar-refractivity contribution in [3.05, 3.63) is 22.3 Å². The monoisotopic (exact) mass is 284 g/mol. The molecule has 1 unspecified atom stereocenters. The van der Waals surface area contributed by atoms with Gasteiger partial charge in [0.15, 0.2) is 0 Å². The van der Waals surface area contributed by atoms with Crippen LogP contribution in [-0.2, 0) is 0 Å². The predicted octanol–water partition coefficient (Wildman–Crippen LogP) is 4.02. The maximum atomic E-state index is 4.58. The molecule has 1 aromatic rings. The fourth-order valence-corrected chi connectivity index (χ4v) is 2.01. The van der Waals surface area contributed by atoms with E-state index in [1.807, 2.05) is 6.92 Å². The van der Waals surface area contributed by atoms with Gasteiger partial charge < -0.3 is 4.90 Å². The maximum Gasteiger partial charge on any atom is 0.128 e. The first kappa shape index (κ1) is 13.5. The van der Waals surface area contributed by atoms with E-state index in [2.05, 4.69) is 65.8 Å². The SMILES string of the molecule is Cc1nc(N(C)C(C)CC(C)C)ccc1Br. The molecule has 2 nitrogen and oxygen atoms in total. The van der Waals surface area contributed by atoms with Crippen LogP contribution in [0.2, 0.25) is 0 Å². The minimum absolute atomic E-state index is 0.521. The van der Waals surface area contributed by atoms with Crippen LogP contribution in [-0.4, -0.2) is 18.1 Å². The maximum absolute atomic E-state index is 4.58. The van der Waals surface area contributed by atoms with Crippen molar-refractivity contribution in [1.82, 2.24) is 4.98 Å². The van der Waals surface area contributed by atoms with E-state index in [1.165, 1.54) is 6.42 Å². The zero-order chi connectivity index (χ0) is 12.3. The van der Waals surface area contributed by atoms with Gasteiger partial charge in [0.1, 0.15) is 5.82 Å². The summed E-state index contributed by atoms with van der Waals surface area (Å²) in [5.41, 5.74) is 1.04. The molecule has 0 spiro atoms. The second-order valence-corrected chi connectivity index (χ2v) is 5.68. The standard InChI is InChI=1S/C13H21BrN2/c1-9(2)8-10(3)16(5)13-7-6-12(14)11(4)15-13/h6-7,9-10H,8H2,1-5H3. The number of aromatic nitrogens is 1. The van der Waals surface area contributed by atoms with Gasteiger partial charge in [-0.15, -0.1) is 0 Å². The minimum Gasteiger partial charge on any atom is -0.357 e. The molecule has 0 amide bonds. The second-order valence-electron chi connectivity index (χ2n) is 4.83. The smallest absolute Gasteiger partial charge is 0.128 e. The van der Waals surface area contributed by atoms with E-state index >= 15 is 0 Å². The Kier molecular flexibility index (Phi) is 4.78. The summed E-state index contributed by atoms with van der Waals surface area (Å²) in [6.45, 7) is 8.78. The Hall–Kier alpha value is -0.570. The van der Waals surface area contributed by atoms with E-state index < -0.39 is 0 Å². The Morgan fingerprint density at radius 1 is 1.31 bits per heavy atom. The number of rotatable bonds is 4. The molecular formula is C13H21BrN2. The second kappa shape index (κ2) is 5.67. The quantitative estimate of drug-likeness (QED) is 0.830. The fourth-order valence-electron chi connectivity index (χ4n) is 1.79. The fraction of sp³-hybridized carbons (Fsp3) is 0.615. The highest BCUT2D eigenvalue weighted by Gasteiger charge is 2.13. The third-order valence-corrected chi connectivity index (χ3v) is 3.68. The van der Waals surface area contributed by atoms with E-state index in [0.29, 0.717) is 12.0 Å². The first-order valence-corrected chi connectivity index (χ1v) is 6.57. The van der Waals surface area contributed by atoms with Crippen LogP contribution in [0.15, 0.2) is 16.6 Å². The molecule has 90 valence electrons. The first-order valence-electron chi connectivity index (χ1n) is 5.77. The van der Waals surface area contributed by atoms with Gasteiger partial charge in [-0.3, -0.25) is 0 Å². The number of hydrogen-bond acceptors (Lipinski definition) is 2. The van der Waals surface area contributed by atoms with Gasteiger partial charge in [-0.1, -0.05) is 13.8 Å². The Labute approximate surface area is 107 Å². The van der Waals surface area contributed by atoms with Crippen molar-refractivity contribution < 1.29 is 0 Å². The first-order chi connectivity index (χ1) is 7.41. The lowest BCUT2D eigenvalue weighted by atomic mass is 10.0. The molecule has 1 atom stereocenters. The normalized spacial score (nSPS) is 12.9. The lowest BCUT2D eigenvalue weighted by Gasteiger charge is -2.27. The summed E-state index contributed by atoms with van der Waals surface area (Å²) in [5, 5.41) is 0. The van der Waals surface area contributed by atoms with Crippen LogP contribution in [0.1, 0.15) is 32.9 Å². The van der Waals surface area contributed by atoms with Crippen LogP contribution >= 0.6 is 15.9 Å². The molecular weight excluding hydrogens is 264 g/mol. The summed E-state index contributed by atoms with van der Waals surface area (Å²) < 4.78 is 1.07. The van der Waals surface area contributed by atoms with Gasteiger partial charge >= 0.3 is 0 Å². The van der Waals surface area contributed by atoms with Crippen molar-refractivity contribution in [3.63, 3.8) is 0 Å². The van der Waals surface area contributed by atoms with Crippen LogP contribution in [0.5, 0.6) is 0 Å². The third kappa shape index (κ3) is 3.48. The molecule has 0 bridgehead atoms. The zero-order valence-electron chi connectivity index (χ0n) is 10.8. The largest absolute Gasteiger partial charge is 0.357 e.